The molecule has 1 amide bonds. The van der Waals surface area contributed by atoms with Crippen molar-refractivity contribution < 1.29 is 9.53 Å². The van der Waals surface area contributed by atoms with Gasteiger partial charge in [-0.05, 0) is 48.9 Å². The summed E-state index contributed by atoms with van der Waals surface area (Å²) in [7, 11) is 0. The normalized spacial score (nSPS) is 10.6. The molecule has 4 aromatic rings. The minimum absolute atomic E-state index is 0.100. The molecule has 2 aromatic carbocycles. The molecule has 0 radical (unpaired) electrons. The highest BCUT2D eigenvalue weighted by atomic mass is 35.5. The third-order valence-corrected chi connectivity index (χ3v) is 4.94. The Morgan fingerprint density at radius 1 is 1.23 bits per heavy atom. The van der Waals surface area contributed by atoms with Gasteiger partial charge in [0.15, 0.2) is 11.6 Å². The van der Waals surface area contributed by atoms with Crippen LogP contribution in [0.5, 0.6) is 5.75 Å². The average molecular weight is 432 g/mol. The number of carbonyl (C=O) groups is 1. The first-order valence-electron chi connectivity index (χ1n) is 9.58. The number of anilines is 1. The SMILES string of the molecule is Cc1cc(-n2ncc(C#N)c2NC(=O)CCOc2ccc(Cl)cc2)nc2ccccc12. The molecule has 31 heavy (non-hydrogen) atoms. The Morgan fingerprint density at radius 3 is 2.77 bits per heavy atom. The number of nitrogens with one attached hydrogen (secondary N) is 1. The van der Waals surface area contributed by atoms with Crippen LogP contribution in [-0.4, -0.2) is 27.3 Å². The van der Waals surface area contributed by atoms with Gasteiger partial charge in [0.05, 0.1) is 24.7 Å². The highest BCUT2D eigenvalue weighted by Crippen LogP contribution is 2.23. The summed E-state index contributed by atoms with van der Waals surface area (Å²) in [6, 6.07) is 18.6. The lowest BCUT2D eigenvalue weighted by molar-refractivity contribution is -0.116. The zero-order valence-electron chi connectivity index (χ0n) is 16.7. The third-order valence-electron chi connectivity index (χ3n) is 4.69. The number of para-hydroxylation sites is 1. The van der Waals surface area contributed by atoms with E-state index in [4.69, 9.17) is 16.3 Å². The number of nitriles is 1. The van der Waals surface area contributed by atoms with Gasteiger partial charge in [0.25, 0.3) is 0 Å². The third kappa shape index (κ3) is 4.49. The molecule has 0 unspecified atom stereocenters. The predicted octanol–water partition coefficient (Wildman–Crippen LogP) is 4.66. The molecule has 7 nitrogen and oxygen atoms in total. The van der Waals surface area contributed by atoms with Gasteiger partial charge in [0.1, 0.15) is 17.4 Å². The Bertz CT molecular complexity index is 1290. The zero-order valence-corrected chi connectivity index (χ0v) is 17.4. The summed E-state index contributed by atoms with van der Waals surface area (Å²) in [6.07, 6.45) is 1.51. The quantitative estimate of drug-likeness (QED) is 0.479. The molecule has 1 N–H and O–H groups in total. The van der Waals surface area contributed by atoms with Crippen molar-refractivity contribution in [3.05, 3.63) is 76.9 Å². The number of aryl methyl sites for hydroxylation is 1. The monoisotopic (exact) mass is 431 g/mol. The number of fused-ring (bicyclic) bond motifs is 1. The summed E-state index contributed by atoms with van der Waals surface area (Å²) >= 11 is 5.85. The molecule has 0 saturated heterocycles. The van der Waals surface area contributed by atoms with Gasteiger partial charge < -0.3 is 10.1 Å². The average Bonchev–Trinajstić information content (AvgIpc) is 3.17. The molecule has 0 aliphatic heterocycles. The van der Waals surface area contributed by atoms with Crippen LogP contribution < -0.4 is 10.1 Å². The van der Waals surface area contributed by atoms with Gasteiger partial charge in [-0.25, -0.2) is 4.98 Å². The molecule has 0 spiro atoms. The summed E-state index contributed by atoms with van der Waals surface area (Å²) < 4.78 is 7.04. The molecule has 0 aliphatic rings. The molecule has 154 valence electrons. The van der Waals surface area contributed by atoms with E-state index in [1.165, 1.54) is 10.9 Å². The number of halogens is 1. The maximum absolute atomic E-state index is 12.5. The first-order valence-corrected chi connectivity index (χ1v) is 9.96. The van der Waals surface area contributed by atoms with Gasteiger partial charge in [-0.15, -0.1) is 0 Å². The van der Waals surface area contributed by atoms with Gasteiger partial charge in [0.2, 0.25) is 5.91 Å². The van der Waals surface area contributed by atoms with E-state index in [1.54, 1.807) is 24.3 Å². The summed E-state index contributed by atoms with van der Waals surface area (Å²) in [5.74, 6) is 1.12. The summed E-state index contributed by atoms with van der Waals surface area (Å²) in [6.45, 7) is 2.16. The van der Waals surface area contributed by atoms with Gasteiger partial charge >= 0.3 is 0 Å². The van der Waals surface area contributed by atoms with Crippen LogP contribution in [0.25, 0.3) is 16.7 Å². The molecule has 2 heterocycles. The first-order chi connectivity index (χ1) is 15.0. The smallest absolute Gasteiger partial charge is 0.228 e. The van der Waals surface area contributed by atoms with Crippen molar-refractivity contribution in [2.45, 2.75) is 13.3 Å². The summed E-state index contributed by atoms with van der Waals surface area (Å²) in [5.41, 5.74) is 2.07. The number of hydrogen-bond donors (Lipinski definition) is 1. The van der Waals surface area contributed by atoms with Crippen LogP contribution in [0.1, 0.15) is 17.5 Å². The van der Waals surface area contributed by atoms with E-state index < -0.39 is 0 Å². The standard InChI is InChI=1S/C23H18ClN5O2/c1-15-12-21(27-20-5-3-2-4-19(15)20)29-23(16(13-25)14-26-29)28-22(30)10-11-31-18-8-6-17(24)7-9-18/h2-9,12,14H,10-11H2,1H3,(H,28,30). The van der Waals surface area contributed by atoms with Crippen LogP contribution in [0, 0.1) is 18.3 Å². The van der Waals surface area contributed by atoms with E-state index in [0.717, 1.165) is 16.5 Å². The van der Waals surface area contributed by atoms with Crippen LogP contribution in [0.15, 0.2) is 60.8 Å². The summed E-state index contributed by atoms with van der Waals surface area (Å²) in [4.78, 5) is 17.1. The molecule has 0 aliphatic carbocycles. The number of amides is 1. The van der Waals surface area contributed by atoms with Crippen molar-refractivity contribution in [1.82, 2.24) is 14.8 Å². The van der Waals surface area contributed by atoms with Crippen LogP contribution in [0.2, 0.25) is 5.02 Å². The number of rotatable bonds is 6. The number of benzene rings is 2. The largest absolute Gasteiger partial charge is 0.493 e. The Hall–Kier alpha value is -3.89. The molecule has 4 rings (SSSR count). The fourth-order valence-corrected chi connectivity index (χ4v) is 3.28. The lowest BCUT2D eigenvalue weighted by atomic mass is 10.1. The van der Waals surface area contributed by atoms with E-state index in [2.05, 4.69) is 21.5 Å². The van der Waals surface area contributed by atoms with Gasteiger partial charge in [0, 0.05) is 10.4 Å². The second kappa shape index (κ2) is 8.86. The molecular weight excluding hydrogens is 414 g/mol. The number of ether oxygens (including phenoxy) is 1. The maximum Gasteiger partial charge on any atom is 0.228 e. The highest BCUT2D eigenvalue weighted by molar-refractivity contribution is 6.30. The molecule has 0 saturated carbocycles. The van der Waals surface area contributed by atoms with Crippen molar-refractivity contribution >= 4 is 34.2 Å². The van der Waals surface area contributed by atoms with Crippen LogP contribution in [0.4, 0.5) is 5.82 Å². The van der Waals surface area contributed by atoms with E-state index in [1.807, 2.05) is 37.3 Å². The maximum atomic E-state index is 12.5. The van der Waals surface area contributed by atoms with Gasteiger partial charge in [-0.3, -0.25) is 4.79 Å². The molecular formula is C23H18ClN5O2. The van der Waals surface area contributed by atoms with Crippen LogP contribution >= 0.6 is 11.6 Å². The van der Waals surface area contributed by atoms with E-state index in [9.17, 15) is 10.1 Å². The second-order valence-corrected chi connectivity index (χ2v) is 7.28. The minimum Gasteiger partial charge on any atom is -0.493 e. The topological polar surface area (TPSA) is 92.8 Å². The number of carbonyl (C=O) groups excluding carboxylic acids is 1. The number of aromatic nitrogens is 3. The van der Waals surface area contributed by atoms with E-state index in [0.29, 0.717) is 16.6 Å². The van der Waals surface area contributed by atoms with Crippen molar-refractivity contribution in [1.29, 1.82) is 5.26 Å². The fraction of sp³-hybridized carbons (Fsp3) is 0.130. The molecule has 8 heteroatoms. The lowest BCUT2D eigenvalue weighted by Crippen LogP contribution is -2.18. The van der Waals surface area contributed by atoms with Crippen molar-refractivity contribution in [3.8, 4) is 17.6 Å². The van der Waals surface area contributed by atoms with E-state index >= 15 is 0 Å². The number of pyridine rings is 1. The first kappa shape index (κ1) is 20.4. The highest BCUT2D eigenvalue weighted by Gasteiger charge is 2.17. The molecule has 0 fully saturated rings. The zero-order chi connectivity index (χ0) is 21.8. The Balaban J connectivity index is 1.52. The fourth-order valence-electron chi connectivity index (χ4n) is 3.15. The number of hydrogen-bond acceptors (Lipinski definition) is 5. The van der Waals surface area contributed by atoms with E-state index in [-0.39, 0.29) is 30.3 Å². The Morgan fingerprint density at radius 2 is 2.00 bits per heavy atom. The summed E-state index contributed by atoms with van der Waals surface area (Å²) in [5, 5.41) is 18.1. The van der Waals surface area contributed by atoms with Gasteiger partial charge in [-0.1, -0.05) is 29.8 Å². The predicted molar refractivity (Wildman–Crippen MR) is 119 cm³/mol. The Labute approximate surface area is 183 Å². The van der Waals surface area contributed by atoms with Crippen molar-refractivity contribution in [2.24, 2.45) is 0 Å². The van der Waals surface area contributed by atoms with Crippen LogP contribution in [-0.2, 0) is 4.79 Å². The molecule has 0 atom stereocenters. The Kier molecular flexibility index (Phi) is 5.83. The van der Waals surface area contributed by atoms with Crippen molar-refractivity contribution in [3.63, 3.8) is 0 Å². The second-order valence-electron chi connectivity index (χ2n) is 6.85. The minimum atomic E-state index is -0.301. The molecule has 2 aromatic heterocycles. The number of nitrogens with zero attached hydrogens (tertiary/aromatic N) is 4. The molecule has 0 bridgehead atoms. The van der Waals surface area contributed by atoms with Gasteiger partial charge in [-0.2, -0.15) is 15.0 Å². The lowest BCUT2D eigenvalue weighted by Gasteiger charge is -2.11. The van der Waals surface area contributed by atoms with Crippen molar-refractivity contribution in [2.75, 3.05) is 11.9 Å². The van der Waals surface area contributed by atoms with Crippen LogP contribution in [0.3, 0.4) is 0 Å².